The lowest BCUT2D eigenvalue weighted by atomic mass is 9.93. The minimum absolute atomic E-state index is 0.0443. The summed E-state index contributed by atoms with van der Waals surface area (Å²) in [4.78, 5) is 50.3. The number of fused-ring (bicyclic) bond motifs is 1. The lowest BCUT2D eigenvalue weighted by Gasteiger charge is -2.47. The van der Waals surface area contributed by atoms with E-state index >= 15 is 0 Å². The number of hydrogen-bond donors (Lipinski definition) is 2. The number of hydrogen-bond acceptors (Lipinski definition) is 6. The second-order valence-electron chi connectivity index (χ2n) is 10.1. The molecule has 2 atom stereocenters. The molecule has 9 nitrogen and oxygen atoms in total. The number of carbonyl (C=O) groups excluding carboxylic acids is 3. The first-order valence-electron chi connectivity index (χ1n) is 13.3. The van der Waals surface area contributed by atoms with Gasteiger partial charge in [0.2, 0.25) is 5.88 Å². The maximum Gasteiger partial charge on any atom is 0.292 e. The molecule has 0 unspecified atom stereocenters. The summed E-state index contributed by atoms with van der Waals surface area (Å²) in [5, 5.41) is 2.74. The van der Waals surface area contributed by atoms with Crippen LogP contribution in [0.4, 0.5) is 0 Å². The van der Waals surface area contributed by atoms with E-state index in [9.17, 15) is 14.4 Å². The number of nitrogens with one attached hydrogen (secondary N) is 2. The summed E-state index contributed by atoms with van der Waals surface area (Å²) >= 11 is 0. The maximum atomic E-state index is 14.0. The maximum absolute atomic E-state index is 14.0. The molecule has 1 aliphatic heterocycles. The number of piperazine rings is 1. The highest BCUT2D eigenvalue weighted by Gasteiger charge is 2.38. The summed E-state index contributed by atoms with van der Waals surface area (Å²) in [6, 6.07) is 22.4. The average molecular weight is 540 g/mol. The molecule has 2 N–H and O–H groups in total. The number of carbonyl (C=O) groups is 3. The van der Waals surface area contributed by atoms with E-state index in [1.54, 1.807) is 6.07 Å². The zero-order chi connectivity index (χ0) is 28.4. The van der Waals surface area contributed by atoms with Crippen LogP contribution in [-0.2, 0) is 4.79 Å². The number of aromatic amines is 1. The molecule has 40 heavy (non-hydrogen) atoms. The average Bonchev–Trinajstić information content (AvgIpc) is 3.41. The lowest BCUT2D eigenvalue weighted by Crippen LogP contribution is -2.58. The SMILES string of the molecule is CNC(=O)C(=O)c1c[nH]c2nc(OC)c(C(=O)N3C[C@H](C)N(C(c4ccccc4)c4ccccc4)C[C@H]3C)cc12. The molecule has 2 amide bonds. The van der Waals surface area contributed by atoms with Crippen molar-refractivity contribution in [3.63, 3.8) is 0 Å². The minimum Gasteiger partial charge on any atom is -0.480 e. The standard InChI is InChI=1S/C31H33N5O4/c1-19-18-36(20(2)17-35(19)26(21-11-7-5-8-12-21)22-13-9-6-10-14-22)31(39)24-15-23-25(27(37)29(38)32-3)16-33-28(23)34-30(24)40-4/h5-16,19-20,26H,17-18H2,1-4H3,(H,32,38)(H,33,34)/t19-,20+/m0/s1. The van der Waals surface area contributed by atoms with Crippen LogP contribution in [0.2, 0.25) is 0 Å². The fourth-order valence-electron chi connectivity index (χ4n) is 5.56. The third kappa shape index (κ3) is 4.96. The molecule has 1 fully saturated rings. The van der Waals surface area contributed by atoms with E-state index in [4.69, 9.17) is 4.74 Å². The van der Waals surface area contributed by atoms with Crippen molar-refractivity contribution in [2.45, 2.75) is 32.0 Å². The Morgan fingerprint density at radius 2 is 1.57 bits per heavy atom. The van der Waals surface area contributed by atoms with Crippen LogP contribution in [-0.4, -0.2) is 76.7 Å². The number of aromatic nitrogens is 2. The molecule has 0 spiro atoms. The summed E-state index contributed by atoms with van der Waals surface area (Å²) in [6.45, 7) is 5.33. The summed E-state index contributed by atoms with van der Waals surface area (Å²) < 4.78 is 5.49. The van der Waals surface area contributed by atoms with Crippen molar-refractivity contribution >= 4 is 28.6 Å². The molecular formula is C31H33N5O4. The highest BCUT2D eigenvalue weighted by molar-refractivity contribution is 6.44. The van der Waals surface area contributed by atoms with Gasteiger partial charge in [-0.05, 0) is 31.0 Å². The Kier molecular flexibility index (Phi) is 7.66. The van der Waals surface area contributed by atoms with Gasteiger partial charge in [0.15, 0.2) is 0 Å². The zero-order valence-electron chi connectivity index (χ0n) is 23.0. The molecule has 9 heteroatoms. The van der Waals surface area contributed by atoms with E-state index in [1.165, 1.54) is 31.5 Å². The Morgan fingerprint density at radius 1 is 0.950 bits per heavy atom. The number of ether oxygens (including phenoxy) is 1. The Morgan fingerprint density at radius 3 is 2.15 bits per heavy atom. The van der Waals surface area contributed by atoms with Gasteiger partial charge in [0.05, 0.1) is 18.7 Å². The Labute approximate surface area is 233 Å². The van der Waals surface area contributed by atoms with Crippen LogP contribution < -0.4 is 10.1 Å². The molecule has 2 aromatic carbocycles. The predicted molar refractivity (Wildman–Crippen MR) is 152 cm³/mol. The summed E-state index contributed by atoms with van der Waals surface area (Å²) in [6.07, 6.45) is 1.43. The molecule has 1 saturated heterocycles. The van der Waals surface area contributed by atoms with Gasteiger partial charge >= 0.3 is 0 Å². The van der Waals surface area contributed by atoms with Gasteiger partial charge in [-0.2, -0.15) is 4.98 Å². The van der Waals surface area contributed by atoms with Gasteiger partial charge in [-0.1, -0.05) is 60.7 Å². The topological polar surface area (TPSA) is 108 Å². The highest BCUT2D eigenvalue weighted by Crippen LogP contribution is 2.34. The molecule has 0 saturated carbocycles. The third-order valence-corrected chi connectivity index (χ3v) is 7.59. The van der Waals surface area contributed by atoms with E-state index in [0.29, 0.717) is 24.1 Å². The number of likely N-dealkylation sites (N-methyl/N-ethyl adjacent to an activating group) is 1. The Hall–Kier alpha value is -4.50. The number of ketones is 1. The largest absolute Gasteiger partial charge is 0.480 e. The van der Waals surface area contributed by atoms with Crippen LogP contribution in [0.15, 0.2) is 72.9 Å². The monoisotopic (exact) mass is 539 g/mol. The van der Waals surface area contributed by atoms with Crippen molar-refractivity contribution in [1.82, 2.24) is 25.1 Å². The van der Waals surface area contributed by atoms with Gasteiger partial charge in [-0.3, -0.25) is 19.3 Å². The van der Waals surface area contributed by atoms with Gasteiger partial charge < -0.3 is 19.9 Å². The molecule has 2 aromatic heterocycles. The predicted octanol–water partition coefficient (Wildman–Crippen LogP) is 3.82. The van der Waals surface area contributed by atoms with Crippen LogP contribution >= 0.6 is 0 Å². The molecule has 1 aliphatic rings. The summed E-state index contributed by atoms with van der Waals surface area (Å²) in [7, 11) is 2.85. The van der Waals surface area contributed by atoms with Crippen LogP contribution in [0.25, 0.3) is 11.0 Å². The van der Waals surface area contributed by atoms with Crippen LogP contribution in [0.3, 0.4) is 0 Å². The van der Waals surface area contributed by atoms with Gasteiger partial charge in [0.25, 0.3) is 17.6 Å². The van der Waals surface area contributed by atoms with Gasteiger partial charge in [0, 0.05) is 43.8 Å². The number of Topliss-reactive ketones (excluding diaryl/α,β-unsaturated/α-hetero) is 1. The van der Waals surface area contributed by atoms with Crippen LogP contribution in [0.5, 0.6) is 5.88 Å². The molecular weight excluding hydrogens is 506 g/mol. The molecule has 5 rings (SSSR count). The first-order valence-corrected chi connectivity index (χ1v) is 13.3. The van der Waals surface area contributed by atoms with Crippen LogP contribution in [0.1, 0.15) is 51.7 Å². The number of methoxy groups -OCH3 is 1. The van der Waals surface area contributed by atoms with E-state index in [-0.39, 0.29) is 41.0 Å². The molecule has 0 radical (unpaired) electrons. The van der Waals surface area contributed by atoms with E-state index in [0.717, 1.165) is 0 Å². The Balaban J connectivity index is 1.47. The van der Waals surface area contributed by atoms with Crippen molar-refractivity contribution in [2.24, 2.45) is 0 Å². The fraction of sp³-hybridized carbons (Fsp3) is 0.290. The first-order chi connectivity index (χ1) is 19.3. The second-order valence-corrected chi connectivity index (χ2v) is 10.1. The number of amides is 2. The number of pyridine rings is 1. The zero-order valence-corrected chi connectivity index (χ0v) is 23.0. The van der Waals surface area contributed by atoms with Crippen molar-refractivity contribution < 1.29 is 19.1 Å². The fourth-order valence-corrected chi connectivity index (χ4v) is 5.56. The van der Waals surface area contributed by atoms with Crippen molar-refractivity contribution in [2.75, 3.05) is 27.2 Å². The van der Waals surface area contributed by atoms with Crippen molar-refractivity contribution in [3.05, 3.63) is 95.2 Å². The van der Waals surface area contributed by atoms with Crippen molar-refractivity contribution in [3.8, 4) is 5.88 Å². The summed E-state index contributed by atoms with van der Waals surface area (Å²) in [5.41, 5.74) is 3.16. The van der Waals surface area contributed by atoms with Crippen molar-refractivity contribution in [1.29, 1.82) is 0 Å². The molecule has 206 valence electrons. The first kappa shape index (κ1) is 27.1. The molecule has 0 bridgehead atoms. The highest BCUT2D eigenvalue weighted by atomic mass is 16.5. The van der Waals surface area contributed by atoms with Gasteiger partial charge in [-0.15, -0.1) is 0 Å². The van der Waals surface area contributed by atoms with E-state index in [1.807, 2.05) is 24.0 Å². The third-order valence-electron chi connectivity index (χ3n) is 7.59. The quantitative estimate of drug-likeness (QED) is 0.273. The smallest absolute Gasteiger partial charge is 0.292 e. The van der Waals surface area contributed by atoms with Crippen LogP contribution in [0, 0.1) is 0 Å². The number of benzene rings is 2. The van der Waals surface area contributed by atoms with Gasteiger partial charge in [0.1, 0.15) is 11.2 Å². The van der Waals surface area contributed by atoms with E-state index < -0.39 is 11.7 Å². The molecule has 4 aromatic rings. The molecule has 0 aliphatic carbocycles. The second kappa shape index (κ2) is 11.3. The summed E-state index contributed by atoms with van der Waals surface area (Å²) in [5.74, 6) is -1.52. The lowest BCUT2D eigenvalue weighted by molar-refractivity contribution is -0.116. The van der Waals surface area contributed by atoms with Gasteiger partial charge in [-0.25, -0.2) is 0 Å². The number of rotatable bonds is 7. The minimum atomic E-state index is -0.741. The Bertz CT molecular complexity index is 1500. The normalized spacial score (nSPS) is 17.7. The van der Waals surface area contributed by atoms with E-state index in [2.05, 4.69) is 75.6 Å². The molecule has 3 heterocycles. The number of nitrogens with zero attached hydrogens (tertiary/aromatic N) is 3. The number of H-pyrrole nitrogens is 1.